The number of nitrogens with zero attached hydrogens (tertiary/aromatic N) is 1. The minimum atomic E-state index is 0.00533. The van der Waals surface area contributed by atoms with Gasteiger partial charge in [0.05, 0.1) is 0 Å². The van der Waals surface area contributed by atoms with Crippen LogP contribution < -0.4 is 5.43 Å². The molecule has 0 aliphatic heterocycles. The van der Waals surface area contributed by atoms with Crippen molar-refractivity contribution in [1.82, 2.24) is 5.43 Å². The maximum absolute atomic E-state index is 11.7. The lowest BCUT2D eigenvalue weighted by molar-refractivity contribution is -0.121. The van der Waals surface area contributed by atoms with Crippen LogP contribution in [-0.4, -0.2) is 11.6 Å². The third kappa shape index (κ3) is 2.75. The second kappa shape index (κ2) is 5.39. The van der Waals surface area contributed by atoms with Crippen molar-refractivity contribution in [2.24, 2.45) is 16.9 Å². The number of hydrogen-bond acceptors (Lipinski definition) is 2. The Morgan fingerprint density at radius 3 is 2.95 bits per heavy atom. The summed E-state index contributed by atoms with van der Waals surface area (Å²) in [4.78, 5) is 11.7. The van der Waals surface area contributed by atoms with Gasteiger partial charge < -0.3 is 0 Å². The number of fused-ring (bicyclic) bond motifs is 1. The summed E-state index contributed by atoms with van der Waals surface area (Å²) in [6.45, 7) is 0. The zero-order valence-corrected chi connectivity index (χ0v) is 10.9. The van der Waals surface area contributed by atoms with E-state index in [1.165, 1.54) is 5.56 Å². The molecule has 1 aromatic carbocycles. The summed E-state index contributed by atoms with van der Waals surface area (Å²) in [5, 5.41) is 4.26. The van der Waals surface area contributed by atoms with Gasteiger partial charge in [-0.2, -0.15) is 5.10 Å². The van der Waals surface area contributed by atoms with Gasteiger partial charge >= 0.3 is 0 Å². The van der Waals surface area contributed by atoms with E-state index in [2.05, 4.69) is 22.7 Å². The first kappa shape index (κ1) is 12.2. The number of amides is 1. The van der Waals surface area contributed by atoms with Gasteiger partial charge in [-0.1, -0.05) is 42.5 Å². The molecular formula is C16H18N2O. The number of nitrogens with one attached hydrogen (secondary N) is 1. The van der Waals surface area contributed by atoms with E-state index in [1.54, 1.807) is 0 Å². The monoisotopic (exact) mass is 254 g/mol. The molecular weight excluding hydrogens is 236 g/mol. The maximum Gasteiger partial charge on any atom is 0.240 e. The van der Waals surface area contributed by atoms with Gasteiger partial charge in [0.1, 0.15) is 0 Å². The van der Waals surface area contributed by atoms with Gasteiger partial charge in [-0.05, 0) is 30.7 Å². The molecule has 19 heavy (non-hydrogen) atoms. The van der Waals surface area contributed by atoms with Gasteiger partial charge in [0.15, 0.2) is 0 Å². The molecule has 2 aliphatic rings. The third-order valence-electron chi connectivity index (χ3n) is 3.97. The Labute approximate surface area is 113 Å². The van der Waals surface area contributed by atoms with E-state index in [4.69, 9.17) is 0 Å². The van der Waals surface area contributed by atoms with Crippen LogP contribution in [-0.2, 0) is 11.2 Å². The molecule has 2 unspecified atom stereocenters. The highest BCUT2D eigenvalue weighted by atomic mass is 16.2. The Hall–Kier alpha value is -1.90. The number of carbonyl (C=O) groups excluding carboxylic acids is 1. The molecule has 0 heterocycles. The van der Waals surface area contributed by atoms with Crippen LogP contribution in [0.25, 0.3) is 0 Å². The van der Waals surface area contributed by atoms with Crippen LogP contribution >= 0.6 is 0 Å². The summed E-state index contributed by atoms with van der Waals surface area (Å²) in [5.41, 5.74) is 5.03. The predicted molar refractivity (Wildman–Crippen MR) is 75.7 cm³/mol. The van der Waals surface area contributed by atoms with Gasteiger partial charge in [-0.3, -0.25) is 4.79 Å². The van der Waals surface area contributed by atoms with Crippen molar-refractivity contribution in [3.63, 3.8) is 0 Å². The fourth-order valence-corrected chi connectivity index (χ4v) is 2.76. The lowest BCUT2D eigenvalue weighted by Gasteiger charge is -2.31. The Bertz CT molecular complexity index is 519. The summed E-state index contributed by atoms with van der Waals surface area (Å²) in [6.07, 6.45) is 7.85. The van der Waals surface area contributed by atoms with E-state index >= 15 is 0 Å². The molecule has 3 nitrogen and oxygen atoms in total. The number of rotatable bonds is 4. The Kier molecular flexibility index (Phi) is 3.45. The molecule has 1 N–H and O–H groups in total. The second-order valence-corrected chi connectivity index (χ2v) is 5.26. The molecule has 0 bridgehead atoms. The van der Waals surface area contributed by atoms with Gasteiger partial charge in [0.2, 0.25) is 5.91 Å². The smallest absolute Gasteiger partial charge is 0.240 e. The minimum Gasteiger partial charge on any atom is -0.273 e. The maximum atomic E-state index is 11.7. The van der Waals surface area contributed by atoms with Crippen LogP contribution in [0.1, 0.15) is 24.8 Å². The van der Waals surface area contributed by atoms with Crippen molar-refractivity contribution < 1.29 is 4.79 Å². The average molecular weight is 254 g/mol. The quantitative estimate of drug-likeness (QED) is 0.651. The topological polar surface area (TPSA) is 41.5 Å². The summed E-state index contributed by atoms with van der Waals surface area (Å²) >= 11 is 0. The highest BCUT2D eigenvalue weighted by Crippen LogP contribution is 2.39. The summed E-state index contributed by atoms with van der Waals surface area (Å²) < 4.78 is 0. The molecule has 0 radical (unpaired) electrons. The van der Waals surface area contributed by atoms with Crippen LogP contribution in [0.2, 0.25) is 0 Å². The van der Waals surface area contributed by atoms with Crippen molar-refractivity contribution in [1.29, 1.82) is 0 Å². The van der Waals surface area contributed by atoms with E-state index in [0.717, 1.165) is 25.0 Å². The predicted octanol–water partition coefficient (Wildman–Crippen LogP) is 2.69. The lowest BCUT2D eigenvalue weighted by Crippen LogP contribution is -2.35. The largest absolute Gasteiger partial charge is 0.273 e. The molecule has 3 heteroatoms. The number of hydrogen-bond donors (Lipinski definition) is 1. The fraction of sp³-hybridized carbons (Fsp3) is 0.375. The summed E-state index contributed by atoms with van der Waals surface area (Å²) in [5.74, 6) is 1.25. The van der Waals surface area contributed by atoms with Gasteiger partial charge in [-0.15, -0.1) is 0 Å². The van der Waals surface area contributed by atoms with Crippen LogP contribution in [0.15, 0.2) is 47.6 Å². The van der Waals surface area contributed by atoms with E-state index in [9.17, 15) is 4.79 Å². The zero-order valence-electron chi connectivity index (χ0n) is 10.9. The van der Waals surface area contributed by atoms with Crippen LogP contribution in [0.5, 0.6) is 0 Å². The summed E-state index contributed by atoms with van der Waals surface area (Å²) in [6, 6.07) is 10.1. The van der Waals surface area contributed by atoms with E-state index in [1.807, 2.05) is 30.3 Å². The van der Waals surface area contributed by atoms with Crippen molar-refractivity contribution in [3.05, 3.63) is 48.0 Å². The second-order valence-electron chi connectivity index (χ2n) is 5.26. The van der Waals surface area contributed by atoms with E-state index in [-0.39, 0.29) is 5.91 Å². The SMILES string of the molecule is O=C(CCc1ccccc1)N/N=C1/CC2C=CCC12. The number of aryl methyl sites for hydroxylation is 1. The number of carbonyl (C=O) groups is 1. The Morgan fingerprint density at radius 1 is 1.32 bits per heavy atom. The Balaban J connectivity index is 1.44. The number of benzene rings is 1. The van der Waals surface area contributed by atoms with Crippen LogP contribution in [0.4, 0.5) is 0 Å². The molecule has 1 saturated carbocycles. The minimum absolute atomic E-state index is 0.00533. The molecule has 1 amide bonds. The molecule has 1 fully saturated rings. The lowest BCUT2D eigenvalue weighted by atomic mass is 9.74. The molecule has 0 aromatic heterocycles. The van der Waals surface area contributed by atoms with E-state index < -0.39 is 0 Å². The zero-order chi connectivity index (χ0) is 13.1. The number of allylic oxidation sites excluding steroid dienone is 2. The van der Waals surface area contributed by atoms with Gasteiger partial charge in [-0.25, -0.2) is 5.43 Å². The first-order chi connectivity index (χ1) is 9.33. The first-order valence-corrected chi connectivity index (χ1v) is 6.89. The van der Waals surface area contributed by atoms with Crippen molar-refractivity contribution in [3.8, 4) is 0 Å². The first-order valence-electron chi connectivity index (χ1n) is 6.89. The molecule has 0 spiro atoms. The molecule has 2 aliphatic carbocycles. The van der Waals surface area contributed by atoms with Crippen LogP contribution in [0.3, 0.4) is 0 Å². The van der Waals surface area contributed by atoms with Crippen LogP contribution in [0, 0.1) is 11.8 Å². The fourth-order valence-electron chi connectivity index (χ4n) is 2.76. The standard InChI is InChI=1S/C16H18N2O/c19-16(10-9-12-5-2-1-3-6-12)18-17-15-11-13-7-4-8-14(13)15/h1-7,13-14H,8-11H2,(H,18,19)/b17-15-. The number of hydrazone groups is 1. The van der Waals surface area contributed by atoms with Crippen molar-refractivity contribution in [2.45, 2.75) is 25.7 Å². The molecule has 98 valence electrons. The van der Waals surface area contributed by atoms with E-state index in [0.29, 0.717) is 18.3 Å². The van der Waals surface area contributed by atoms with Gasteiger partial charge in [0.25, 0.3) is 0 Å². The summed E-state index contributed by atoms with van der Waals surface area (Å²) in [7, 11) is 0. The molecule has 0 saturated heterocycles. The van der Waals surface area contributed by atoms with Crippen molar-refractivity contribution in [2.75, 3.05) is 0 Å². The highest BCUT2D eigenvalue weighted by Gasteiger charge is 2.37. The molecule has 2 atom stereocenters. The molecule has 1 aromatic rings. The normalized spacial score (nSPS) is 26.0. The van der Waals surface area contributed by atoms with Gasteiger partial charge in [0, 0.05) is 18.1 Å². The molecule has 3 rings (SSSR count). The van der Waals surface area contributed by atoms with Crippen molar-refractivity contribution >= 4 is 11.6 Å². The average Bonchev–Trinajstić information content (AvgIpc) is 2.79. The Morgan fingerprint density at radius 2 is 2.16 bits per heavy atom. The highest BCUT2D eigenvalue weighted by molar-refractivity contribution is 5.94. The third-order valence-corrected chi connectivity index (χ3v) is 3.97.